The number of methoxy groups -OCH3 is 1. The number of phosphoric ester groups is 1. The zero-order valence-electron chi connectivity index (χ0n) is 15.7. The van der Waals surface area contributed by atoms with E-state index in [-0.39, 0.29) is 0 Å². The molecule has 3 N–H and O–H groups in total. The fraction of sp³-hybridized carbons (Fsp3) is 0.692. The van der Waals surface area contributed by atoms with Gasteiger partial charge in [0.2, 0.25) is 0 Å². The molecule has 1 fully saturated rings. The van der Waals surface area contributed by atoms with E-state index in [0.29, 0.717) is 0 Å². The molecule has 1 aliphatic rings. The molecule has 1 saturated heterocycles. The molecule has 142 valence electrons. The summed E-state index contributed by atoms with van der Waals surface area (Å²) in [5.74, 6) is 0. The van der Waals surface area contributed by atoms with Crippen LogP contribution in [0.5, 0.6) is 0 Å². The average Bonchev–Trinajstić information content (AvgIpc) is 2.83. The second kappa shape index (κ2) is 7.92. The van der Waals surface area contributed by atoms with Crippen LogP contribution >= 0.6 is 7.82 Å². The molecule has 2 heterocycles. The maximum absolute atomic E-state index is 12.1. The number of hydrogen-bond acceptors (Lipinski definition) is 8. The first-order chi connectivity index (χ1) is 12.4. The number of ether oxygens (including phenoxy) is 2. The van der Waals surface area contributed by atoms with Gasteiger partial charge in [0, 0.05) is 19.4 Å². The van der Waals surface area contributed by atoms with E-state index in [9.17, 15) is 24.2 Å². The van der Waals surface area contributed by atoms with Crippen molar-refractivity contribution in [1.82, 2.24) is 9.55 Å². The first-order valence-corrected chi connectivity index (χ1v) is 8.77. The molecule has 11 nitrogen and oxygen atoms in total. The van der Waals surface area contributed by atoms with Crippen LogP contribution < -0.4 is 11.2 Å². The van der Waals surface area contributed by atoms with E-state index in [1.54, 1.807) is 0 Å². The number of hydrogen-bond donors (Lipinski definition) is 3. The predicted molar refractivity (Wildman–Crippen MR) is 84.0 cm³/mol. The number of rotatable bonds is 7. The van der Waals surface area contributed by atoms with Crippen LogP contribution in [0.15, 0.2) is 21.9 Å². The maximum Gasteiger partial charge on any atom is 0.472 e. The van der Waals surface area contributed by atoms with E-state index >= 15 is 0 Å². The van der Waals surface area contributed by atoms with Crippen molar-refractivity contribution in [3.8, 4) is 0 Å². The lowest BCUT2D eigenvalue weighted by Crippen LogP contribution is -2.39. The lowest BCUT2D eigenvalue weighted by Gasteiger charge is -2.25. The smallest absolute Gasteiger partial charge is 0.394 e. The number of aromatic amines is 1. The topological polar surface area (TPSA) is 149 Å². The quantitative estimate of drug-likeness (QED) is 0.523. The van der Waals surface area contributed by atoms with E-state index in [1.807, 2.05) is 4.98 Å². The van der Waals surface area contributed by atoms with Crippen molar-refractivity contribution in [2.75, 3.05) is 13.7 Å². The molecule has 1 aromatic rings. The Balaban J connectivity index is 2.44. The van der Waals surface area contributed by atoms with Gasteiger partial charge in [0.05, 0.1) is 15.4 Å². The number of nitrogens with zero attached hydrogens (tertiary/aromatic N) is 1. The SMILES string of the molecule is [2H]C([2H])(O)[C@H]1O[C@@H](n2ccc(=O)[nH]c2=O)[C@@H](OC)C1OP(=O)(O)OC(C)C. The highest BCUT2D eigenvalue weighted by Crippen LogP contribution is 2.49. The minimum Gasteiger partial charge on any atom is -0.394 e. The Bertz CT molecular complexity index is 821. The van der Waals surface area contributed by atoms with E-state index in [0.717, 1.165) is 16.8 Å². The van der Waals surface area contributed by atoms with Gasteiger partial charge in [0.15, 0.2) is 6.23 Å². The minimum atomic E-state index is -4.68. The molecule has 0 saturated carbocycles. The van der Waals surface area contributed by atoms with Gasteiger partial charge in [-0.3, -0.25) is 23.4 Å². The Morgan fingerprint density at radius 1 is 1.48 bits per heavy atom. The molecule has 2 rings (SSSR count). The predicted octanol–water partition coefficient (Wildman–Crippen LogP) is -0.648. The highest BCUT2D eigenvalue weighted by atomic mass is 31.2. The van der Waals surface area contributed by atoms with Crippen molar-refractivity contribution in [2.24, 2.45) is 0 Å². The molecule has 0 bridgehead atoms. The van der Waals surface area contributed by atoms with Gasteiger partial charge in [-0.2, -0.15) is 0 Å². The van der Waals surface area contributed by atoms with Crippen molar-refractivity contribution < 1.29 is 35.8 Å². The average molecular weight is 382 g/mol. The lowest BCUT2D eigenvalue weighted by molar-refractivity contribution is -0.0625. The van der Waals surface area contributed by atoms with E-state index in [4.69, 9.17) is 21.3 Å². The Labute approximate surface area is 145 Å². The number of phosphoric acid groups is 1. The largest absolute Gasteiger partial charge is 0.472 e. The van der Waals surface area contributed by atoms with Crippen molar-refractivity contribution in [1.29, 1.82) is 0 Å². The van der Waals surface area contributed by atoms with Crippen LogP contribution in [0.25, 0.3) is 0 Å². The van der Waals surface area contributed by atoms with Gasteiger partial charge in [0.25, 0.3) is 5.56 Å². The minimum absolute atomic E-state index is 0.671. The van der Waals surface area contributed by atoms with Crippen LogP contribution in [0.1, 0.15) is 22.8 Å². The van der Waals surface area contributed by atoms with Crippen molar-refractivity contribution in [3.63, 3.8) is 0 Å². The summed E-state index contributed by atoms with van der Waals surface area (Å²) in [7, 11) is -3.50. The molecule has 0 aromatic carbocycles. The number of aromatic nitrogens is 2. The summed E-state index contributed by atoms with van der Waals surface area (Å²) in [6, 6.07) is 1.02. The molecule has 12 heteroatoms. The standard InChI is InChI=1S/C13H21N2O9P/c1-7(2)23-25(19,20)24-10-8(6-16)22-12(11(10)21-3)15-5-4-9(17)14-13(15)18/h4-5,7-8,10-12,16H,6H2,1-3H3,(H,19,20)(H,14,17,18)/t8-,10?,11+,12-/m1/s1/i6D2. The first kappa shape index (κ1) is 17.1. The van der Waals surface area contributed by atoms with Crippen LogP contribution in [-0.4, -0.2) is 57.6 Å². The fourth-order valence-electron chi connectivity index (χ4n) is 2.41. The molecule has 2 unspecified atom stereocenters. The molecule has 0 radical (unpaired) electrons. The number of nitrogens with one attached hydrogen (secondary N) is 1. The lowest BCUT2D eigenvalue weighted by atomic mass is 10.1. The van der Waals surface area contributed by atoms with Crippen molar-refractivity contribution in [3.05, 3.63) is 33.1 Å². The van der Waals surface area contributed by atoms with E-state index in [1.165, 1.54) is 21.0 Å². The van der Waals surface area contributed by atoms with Gasteiger partial charge in [-0.15, -0.1) is 0 Å². The van der Waals surface area contributed by atoms with Gasteiger partial charge in [0.1, 0.15) is 18.3 Å². The molecule has 5 atom stereocenters. The third kappa shape index (κ3) is 4.64. The first-order valence-electron chi connectivity index (χ1n) is 8.27. The summed E-state index contributed by atoms with van der Waals surface area (Å²) in [4.78, 5) is 35.1. The molecule has 25 heavy (non-hydrogen) atoms. The van der Waals surface area contributed by atoms with Gasteiger partial charge >= 0.3 is 13.5 Å². The summed E-state index contributed by atoms with van der Waals surface area (Å²) in [5.41, 5.74) is -1.56. The zero-order valence-corrected chi connectivity index (χ0v) is 14.6. The summed E-state index contributed by atoms with van der Waals surface area (Å²) < 4.78 is 48.4. The normalized spacial score (nSPS) is 30.8. The van der Waals surface area contributed by atoms with E-state index < -0.39 is 56.3 Å². The molecule has 1 aliphatic heterocycles. The summed E-state index contributed by atoms with van der Waals surface area (Å²) in [5, 5.41) is 9.77. The highest BCUT2D eigenvalue weighted by molar-refractivity contribution is 7.47. The van der Waals surface area contributed by atoms with Gasteiger partial charge < -0.3 is 19.5 Å². The van der Waals surface area contributed by atoms with E-state index in [2.05, 4.69) is 0 Å². The van der Waals surface area contributed by atoms with Crippen LogP contribution in [-0.2, 0) is 23.1 Å². The van der Waals surface area contributed by atoms with Crippen molar-refractivity contribution in [2.45, 2.75) is 44.5 Å². The Morgan fingerprint density at radius 2 is 2.16 bits per heavy atom. The number of aliphatic hydroxyl groups is 1. The van der Waals surface area contributed by atoms with Crippen LogP contribution in [0.3, 0.4) is 0 Å². The third-order valence-electron chi connectivity index (χ3n) is 3.31. The second-order valence-corrected chi connectivity index (χ2v) is 6.85. The van der Waals surface area contributed by atoms with Gasteiger partial charge in [-0.1, -0.05) is 0 Å². The van der Waals surface area contributed by atoms with Gasteiger partial charge in [-0.25, -0.2) is 9.36 Å². The Morgan fingerprint density at radius 3 is 2.68 bits per heavy atom. The van der Waals surface area contributed by atoms with Gasteiger partial charge in [-0.05, 0) is 13.8 Å². The molecule has 1 aromatic heterocycles. The monoisotopic (exact) mass is 382 g/mol. The van der Waals surface area contributed by atoms with Crippen LogP contribution in [0, 0.1) is 0 Å². The molecule has 0 spiro atoms. The molecule has 0 aliphatic carbocycles. The Hall–Kier alpha value is -1.33. The zero-order chi connectivity index (χ0) is 20.6. The number of H-pyrrole nitrogens is 1. The molecular weight excluding hydrogens is 359 g/mol. The second-order valence-electron chi connectivity index (χ2n) is 5.49. The molecular formula is C13H21N2O9P. The molecule has 0 amide bonds. The third-order valence-corrected chi connectivity index (χ3v) is 4.51. The van der Waals surface area contributed by atoms with Crippen LogP contribution in [0.4, 0.5) is 0 Å². The maximum atomic E-state index is 12.1. The summed E-state index contributed by atoms with van der Waals surface area (Å²) in [6.45, 7) is -0.0485. The fourth-order valence-corrected chi connectivity index (χ4v) is 3.53. The summed E-state index contributed by atoms with van der Waals surface area (Å²) >= 11 is 0. The van der Waals surface area contributed by atoms with Crippen LogP contribution in [0.2, 0.25) is 0 Å². The highest BCUT2D eigenvalue weighted by Gasteiger charge is 2.50. The van der Waals surface area contributed by atoms with Crippen molar-refractivity contribution >= 4 is 7.82 Å². The summed E-state index contributed by atoms with van der Waals surface area (Å²) in [6.07, 6.45) is -5.69. The Kier molecular flexibility index (Phi) is 5.42.